The minimum absolute atomic E-state index is 0.138. The van der Waals surface area contributed by atoms with E-state index in [2.05, 4.69) is 11.7 Å². The number of hydrogen-bond donors (Lipinski definition) is 0. The van der Waals surface area contributed by atoms with Gasteiger partial charge in [-0.15, -0.1) is 0 Å². The van der Waals surface area contributed by atoms with Crippen molar-refractivity contribution in [1.29, 1.82) is 0 Å². The van der Waals surface area contributed by atoms with Crippen LogP contribution in [-0.4, -0.2) is 74.5 Å². The molecule has 0 N–H and O–H groups in total. The van der Waals surface area contributed by atoms with E-state index in [9.17, 15) is 9.59 Å². The molecule has 0 saturated carbocycles. The average molecular weight is 582 g/mol. The van der Waals surface area contributed by atoms with E-state index in [1.165, 1.54) is 4.68 Å². The van der Waals surface area contributed by atoms with E-state index in [1.54, 1.807) is 24.9 Å². The number of amides is 1. The van der Waals surface area contributed by atoms with E-state index in [0.717, 1.165) is 35.9 Å². The van der Waals surface area contributed by atoms with E-state index in [1.807, 2.05) is 57.5 Å². The lowest BCUT2D eigenvalue weighted by Gasteiger charge is -2.28. The van der Waals surface area contributed by atoms with Crippen LogP contribution < -0.4 is 4.74 Å². The first-order chi connectivity index (χ1) is 20.0. The van der Waals surface area contributed by atoms with Crippen molar-refractivity contribution in [3.05, 3.63) is 36.2 Å². The zero-order valence-corrected chi connectivity index (χ0v) is 25.8. The molecule has 0 aliphatic carbocycles. The predicted octanol–water partition coefficient (Wildman–Crippen LogP) is 5.98. The number of carbonyl (C=O) groups is 2. The summed E-state index contributed by atoms with van der Waals surface area (Å²) in [5, 5.41) is 10.2. The molecule has 0 spiro atoms. The Morgan fingerprint density at radius 3 is 2.62 bits per heavy atom. The Morgan fingerprint density at radius 2 is 2.00 bits per heavy atom. The number of fused-ring (bicyclic) bond motifs is 1. The molecule has 1 amide bonds. The minimum atomic E-state index is -0.613. The van der Waals surface area contributed by atoms with Crippen molar-refractivity contribution in [3.8, 4) is 17.0 Å². The van der Waals surface area contributed by atoms with Crippen molar-refractivity contribution in [3.63, 3.8) is 0 Å². The fourth-order valence-electron chi connectivity index (χ4n) is 5.05. The third-order valence-corrected chi connectivity index (χ3v) is 6.93. The Labute approximate surface area is 247 Å². The van der Waals surface area contributed by atoms with E-state index >= 15 is 0 Å². The topological polar surface area (TPSA) is 110 Å². The number of benzene rings is 1. The van der Waals surface area contributed by atoms with Crippen LogP contribution in [0.1, 0.15) is 83.2 Å². The van der Waals surface area contributed by atoms with Gasteiger partial charge in [-0.05, 0) is 84.6 Å². The Balaban J connectivity index is 1.73. The van der Waals surface area contributed by atoms with Crippen molar-refractivity contribution < 1.29 is 28.5 Å². The van der Waals surface area contributed by atoms with Gasteiger partial charge in [0.1, 0.15) is 11.7 Å². The lowest BCUT2D eigenvalue weighted by atomic mass is 10.0. The second-order valence-corrected chi connectivity index (χ2v) is 11.4. The fraction of sp³-hybridized carbons (Fsp3) is 0.548. The summed E-state index contributed by atoms with van der Waals surface area (Å²) in [6, 6.07) is 5.86. The molecule has 42 heavy (non-hydrogen) atoms. The van der Waals surface area contributed by atoms with Crippen molar-refractivity contribution in [1.82, 2.24) is 24.5 Å². The number of rotatable bonds is 10. The summed E-state index contributed by atoms with van der Waals surface area (Å²) in [4.78, 5) is 27.4. The summed E-state index contributed by atoms with van der Waals surface area (Å²) in [5.74, 6) is -0.168. The Hall–Kier alpha value is -3.86. The molecule has 11 nitrogen and oxygen atoms in total. The van der Waals surface area contributed by atoms with Gasteiger partial charge in [0.2, 0.25) is 5.88 Å². The summed E-state index contributed by atoms with van der Waals surface area (Å²) >= 11 is 0. The maximum atomic E-state index is 13.1. The molecule has 1 aromatic carbocycles. The van der Waals surface area contributed by atoms with Gasteiger partial charge in [-0.3, -0.25) is 0 Å². The lowest BCUT2D eigenvalue weighted by molar-refractivity contribution is -0.0367. The van der Waals surface area contributed by atoms with Crippen LogP contribution in [0.5, 0.6) is 5.88 Å². The van der Waals surface area contributed by atoms with E-state index in [0.29, 0.717) is 30.2 Å². The molecule has 1 aliphatic rings. The predicted molar refractivity (Wildman–Crippen MR) is 160 cm³/mol. The second kappa shape index (κ2) is 13.0. The minimum Gasteiger partial charge on any atom is -0.472 e. The number of aromatic nitrogens is 4. The van der Waals surface area contributed by atoms with Crippen LogP contribution in [0.3, 0.4) is 0 Å². The van der Waals surface area contributed by atoms with Gasteiger partial charge in [-0.2, -0.15) is 10.2 Å². The van der Waals surface area contributed by atoms with Gasteiger partial charge in [0.15, 0.2) is 11.9 Å². The molecule has 3 aromatic rings. The number of esters is 1. The summed E-state index contributed by atoms with van der Waals surface area (Å²) < 4.78 is 26.8. The average Bonchev–Trinajstić information content (AvgIpc) is 3.48. The Bertz CT molecular complexity index is 1430. The standard InChI is InChI=1S/C31H43N5O6/c1-9-23-22-18-21(15-16-24(22)36(32-23)25-14-12-13-17-40-25)26-27(29(37)39-11-3)33-34(8)28(26)41-20(4)19-35(10-2)30(38)42-31(5,6)7/h9,15-16,18,20,25H,1,10-14,17,19H2,2-8H3/t20-,25?/m0/s1. The summed E-state index contributed by atoms with van der Waals surface area (Å²) in [7, 11) is 1.71. The third-order valence-electron chi connectivity index (χ3n) is 6.93. The number of nitrogens with zero attached hydrogens (tertiary/aromatic N) is 5. The van der Waals surface area contributed by atoms with E-state index < -0.39 is 23.8 Å². The quantitative estimate of drug-likeness (QED) is 0.269. The van der Waals surface area contributed by atoms with Gasteiger partial charge in [0.05, 0.1) is 29.9 Å². The van der Waals surface area contributed by atoms with Crippen LogP contribution in [0.15, 0.2) is 24.8 Å². The molecular formula is C31H43N5O6. The van der Waals surface area contributed by atoms with Crippen LogP contribution in [0.25, 0.3) is 28.1 Å². The summed E-state index contributed by atoms with van der Waals surface area (Å²) in [5.41, 5.74) is 2.37. The number of carbonyl (C=O) groups excluding carboxylic acids is 2. The van der Waals surface area contributed by atoms with Crippen molar-refractivity contribution in [2.24, 2.45) is 7.05 Å². The molecule has 2 aromatic heterocycles. The van der Waals surface area contributed by atoms with E-state index in [4.69, 9.17) is 24.0 Å². The largest absolute Gasteiger partial charge is 0.472 e. The maximum Gasteiger partial charge on any atom is 0.410 e. The SMILES string of the molecule is C=Cc1nn(C2CCCCO2)c2ccc(-c3c(C(=O)OCC)nn(C)c3O[C@@H](C)CN(CC)C(=O)OC(C)(C)C)cc12. The van der Waals surface area contributed by atoms with Crippen LogP contribution in [0, 0.1) is 0 Å². The van der Waals surface area contributed by atoms with Gasteiger partial charge in [0.25, 0.3) is 0 Å². The molecule has 0 radical (unpaired) electrons. The zero-order chi connectivity index (χ0) is 30.6. The third kappa shape index (κ3) is 6.78. The molecular weight excluding hydrogens is 538 g/mol. The second-order valence-electron chi connectivity index (χ2n) is 11.4. The number of aryl methyl sites for hydroxylation is 1. The molecule has 3 heterocycles. The van der Waals surface area contributed by atoms with Gasteiger partial charge >= 0.3 is 12.1 Å². The highest BCUT2D eigenvalue weighted by molar-refractivity contribution is 5.99. The van der Waals surface area contributed by atoms with E-state index in [-0.39, 0.29) is 25.1 Å². The first kappa shape index (κ1) is 31.1. The first-order valence-corrected chi connectivity index (χ1v) is 14.6. The van der Waals surface area contributed by atoms with Crippen LogP contribution in [0.4, 0.5) is 4.79 Å². The van der Waals surface area contributed by atoms with Crippen LogP contribution >= 0.6 is 0 Å². The summed E-state index contributed by atoms with van der Waals surface area (Å²) in [6.45, 7) is 16.6. The molecule has 228 valence electrons. The fourth-order valence-corrected chi connectivity index (χ4v) is 5.05. The van der Waals surface area contributed by atoms with Crippen molar-refractivity contribution in [2.75, 3.05) is 26.3 Å². The van der Waals surface area contributed by atoms with Crippen LogP contribution in [0.2, 0.25) is 0 Å². The maximum absolute atomic E-state index is 13.1. The molecule has 1 unspecified atom stereocenters. The van der Waals surface area contributed by atoms with Gasteiger partial charge in [-0.1, -0.05) is 12.6 Å². The summed E-state index contributed by atoms with van der Waals surface area (Å²) in [6.07, 6.45) is 3.73. The lowest BCUT2D eigenvalue weighted by Crippen LogP contribution is -2.41. The molecule has 2 atom stereocenters. The van der Waals surface area contributed by atoms with Crippen molar-refractivity contribution >= 4 is 29.0 Å². The molecule has 0 bridgehead atoms. The Morgan fingerprint density at radius 1 is 1.24 bits per heavy atom. The van der Waals surface area contributed by atoms with Gasteiger partial charge < -0.3 is 23.8 Å². The number of hydrogen-bond acceptors (Lipinski definition) is 8. The molecule has 4 rings (SSSR count). The molecule has 11 heteroatoms. The monoisotopic (exact) mass is 581 g/mol. The van der Waals surface area contributed by atoms with Crippen LogP contribution in [-0.2, 0) is 21.3 Å². The highest BCUT2D eigenvalue weighted by Crippen LogP contribution is 2.38. The van der Waals surface area contributed by atoms with Gasteiger partial charge in [0, 0.05) is 25.6 Å². The first-order valence-electron chi connectivity index (χ1n) is 14.6. The molecule has 1 aliphatic heterocycles. The zero-order valence-electron chi connectivity index (χ0n) is 25.8. The number of likely N-dealkylation sites (N-methyl/N-ethyl adjacent to an activating group) is 1. The molecule has 1 fully saturated rings. The number of ether oxygens (including phenoxy) is 4. The molecule has 1 saturated heterocycles. The highest BCUT2D eigenvalue weighted by Gasteiger charge is 2.29. The normalized spacial score (nSPS) is 16.2. The Kier molecular flexibility index (Phi) is 9.60. The highest BCUT2D eigenvalue weighted by atomic mass is 16.6. The smallest absolute Gasteiger partial charge is 0.410 e. The van der Waals surface area contributed by atoms with Crippen molar-refractivity contribution in [2.45, 2.75) is 78.7 Å². The van der Waals surface area contributed by atoms with Gasteiger partial charge in [-0.25, -0.2) is 19.0 Å².